The number of carbonyl (C=O) groups is 1. The Hall–Kier alpha value is -2.47. The van der Waals surface area contributed by atoms with Crippen LogP contribution in [0.2, 0.25) is 0 Å². The van der Waals surface area contributed by atoms with Gasteiger partial charge in [-0.05, 0) is 48.7 Å². The van der Waals surface area contributed by atoms with Crippen LogP contribution < -0.4 is 10.2 Å². The molecular formula is C20H22F2N2O2. The Morgan fingerprint density at radius 3 is 2.50 bits per heavy atom. The van der Waals surface area contributed by atoms with E-state index < -0.39 is 11.9 Å². The number of amides is 1. The Balaban J connectivity index is 1.83. The molecule has 0 saturated carbocycles. The van der Waals surface area contributed by atoms with E-state index in [1.165, 1.54) is 18.2 Å². The van der Waals surface area contributed by atoms with Crippen molar-refractivity contribution in [1.29, 1.82) is 0 Å². The summed E-state index contributed by atoms with van der Waals surface area (Å²) in [5.74, 6) is -1.19. The predicted octanol–water partition coefficient (Wildman–Crippen LogP) is 3.68. The Morgan fingerprint density at radius 1 is 1.19 bits per heavy atom. The summed E-state index contributed by atoms with van der Waals surface area (Å²) < 4.78 is 33.1. The number of nitrogens with zero attached hydrogens (tertiary/aromatic N) is 1. The minimum atomic E-state index is -0.460. The average molecular weight is 360 g/mol. The second-order valence-electron chi connectivity index (χ2n) is 6.61. The highest BCUT2D eigenvalue weighted by Crippen LogP contribution is 2.28. The van der Waals surface area contributed by atoms with E-state index in [1.54, 1.807) is 43.3 Å². The van der Waals surface area contributed by atoms with E-state index in [9.17, 15) is 13.6 Å². The van der Waals surface area contributed by atoms with Crippen molar-refractivity contribution in [3.05, 3.63) is 65.2 Å². The van der Waals surface area contributed by atoms with Gasteiger partial charge >= 0.3 is 0 Å². The van der Waals surface area contributed by atoms with Crippen molar-refractivity contribution in [2.75, 3.05) is 25.6 Å². The number of halogens is 2. The number of nitrogens with one attached hydrogen (secondary N) is 1. The third-order valence-electron chi connectivity index (χ3n) is 4.54. The summed E-state index contributed by atoms with van der Waals surface area (Å²) in [6.45, 7) is 0.629. The van der Waals surface area contributed by atoms with Gasteiger partial charge in [-0.3, -0.25) is 4.79 Å². The van der Waals surface area contributed by atoms with Crippen molar-refractivity contribution < 1.29 is 18.3 Å². The number of ether oxygens (including phenoxy) is 1. The fourth-order valence-electron chi connectivity index (χ4n) is 3.16. The minimum absolute atomic E-state index is 0.185. The van der Waals surface area contributed by atoms with E-state index in [-0.39, 0.29) is 23.4 Å². The predicted molar refractivity (Wildman–Crippen MR) is 96.3 cm³/mol. The quantitative estimate of drug-likeness (QED) is 0.884. The van der Waals surface area contributed by atoms with E-state index in [0.717, 1.165) is 18.4 Å². The van der Waals surface area contributed by atoms with E-state index in [1.807, 2.05) is 0 Å². The van der Waals surface area contributed by atoms with Gasteiger partial charge in [-0.2, -0.15) is 0 Å². The van der Waals surface area contributed by atoms with Crippen LogP contribution in [0.15, 0.2) is 42.5 Å². The van der Waals surface area contributed by atoms with Crippen LogP contribution in [0.4, 0.5) is 14.5 Å². The molecule has 0 aliphatic carbocycles. The molecule has 2 aromatic rings. The van der Waals surface area contributed by atoms with Gasteiger partial charge in [-0.1, -0.05) is 12.1 Å². The van der Waals surface area contributed by atoms with Gasteiger partial charge in [-0.15, -0.1) is 0 Å². The highest BCUT2D eigenvalue weighted by Gasteiger charge is 2.29. The first-order chi connectivity index (χ1) is 12.5. The van der Waals surface area contributed by atoms with Crippen LogP contribution in [0.1, 0.15) is 34.8 Å². The first kappa shape index (κ1) is 18.3. The molecule has 3 rings (SSSR count). The Labute approximate surface area is 151 Å². The van der Waals surface area contributed by atoms with Gasteiger partial charge in [0.2, 0.25) is 0 Å². The normalized spacial score (nSPS) is 17.8. The van der Waals surface area contributed by atoms with Crippen LogP contribution in [0.5, 0.6) is 0 Å². The summed E-state index contributed by atoms with van der Waals surface area (Å²) in [7, 11) is 3.47. The summed E-state index contributed by atoms with van der Waals surface area (Å²) in [4.78, 5) is 14.3. The van der Waals surface area contributed by atoms with Crippen molar-refractivity contribution in [1.82, 2.24) is 5.32 Å². The zero-order chi connectivity index (χ0) is 18.7. The number of rotatable bonds is 5. The lowest BCUT2D eigenvalue weighted by Gasteiger charge is -2.25. The molecule has 2 atom stereocenters. The number of hydrogen-bond acceptors (Lipinski definition) is 3. The third-order valence-corrected chi connectivity index (χ3v) is 4.54. The molecule has 1 aliphatic heterocycles. The maximum atomic E-state index is 14.2. The van der Waals surface area contributed by atoms with Crippen LogP contribution in [0.25, 0.3) is 0 Å². The third kappa shape index (κ3) is 4.02. The number of anilines is 1. The molecule has 1 N–H and O–H groups in total. The van der Waals surface area contributed by atoms with Crippen molar-refractivity contribution in [3.8, 4) is 0 Å². The summed E-state index contributed by atoms with van der Waals surface area (Å²) in [6, 6.07) is 9.96. The lowest BCUT2D eigenvalue weighted by atomic mass is 9.98. The maximum absolute atomic E-state index is 14.2. The summed E-state index contributed by atoms with van der Waals surface area (Å²) in [6.07, 6.45) is 1.52. The van der Waals surface area contributed by atoms with Crippen LogP contribution >= 0.6 is 0 Å². The van der Waals surface area contributed by atoms with Gasteiger partial charge in [0.1, 0.15) is 11.6 Å². The standard InChI is InChI=1S/C20H22F2N2O2/c1-24(2)17-10-7-14(12-16(17)22)20(25)23-19(18-4-3-11-26-18)13-5-8-15(21)9-6-13/h5-10,12,18-19H,3-4,11H2,1-2H3,(H,23,25)/t18-,19-/m0/s1. The number of carbonyl (C=O) groups excluding carboxylic acids is 1. The van der Waals surface area contributed by atoms with Gasteiger partial charge in [0, 0.05) is 26.3 Å². The molecule has 138 valence electrons. The van der Waals surface area contributed by atoms with Gasteiger partial charge < -0.3 is 15.0 Å². The lowest BCUT2D eigenvalue weighted by Crippen LogP contribution is -2.36. The van der Waals surface area contributed by atoms with E-state index in [4.69, 9.17) is 4.74 Å². The largest absolute Gasteiger partial charge is 0.376 e. The van der Waals surface area contributed by atoms with Gasteiger partial charge in [0.15, 0.2) is 0 Å². The molecule has 1 amide bonds. The molecule has 4 nitrogen and oxygen atoms in total. The van der Waals surface area contributed by atoms with Crippen molar-refractivity contribution in [3.63, 3.8) is 0 Å². The first-order valence-corrected chi connectivity index (χ1v) is 8.60. The molecule has 0 bridgehead atoms. The molecule has 0 radical (unpaired) electrons. The van der Waals surface area contributed by atoms with Gasteiger partial charge in [0.25, 0.3) is 5.91 Å². The minimum Gasteiger partial charge on any atom is -0.376 e. The molecule has 26 heavy (non-hydrogen) atoms. The van der Waals surface area contributed by atoms with E-state index in [0.29, 0.717) is 12.3 Å². The van der Waals surface area contributed by atoms with Crippen molar-refractivity contribution in [2.24, 2.45) is 0 Å². The molecule has 0 spiro atoms. The molecular weight excluding hydrogens is 338 g/mol. The highest BCUT2D eigenvalue weighted by molar-refractivity contribution is 5.95. The average Bonchev–Trinajstić information content (AvgIpc) is 3.14. The van der Waals surface area contributed by atoms with Crippen LogP contribution in [-0.2, 0) is 4.74 Å². The Kier molecular flexibility index (Phi) is 5.52. The molecule has 0 unspecified atom stereocenters. The first-order valence-electron chi connectivity index (χ1n) is 8.60. The SMILES string of the molecule is CN(C)c1ccc(C(=O)N[C@@H](c2ccc(F)cc2)[C@@H]2CCCO2)cc1F. The summed E-state index contributed by atoms with van der Waals surface area (Å²) in [5.41, 5.74) is 1.41. The molecule has 1 fully saturated rings. The van der Waals surface area contributed by atoms with Gasteiger partial charge in [-0.25, -0.2) is 8.78 Å². The van der Waals surface area contributed by atoms with E-state index >= 15 is 0 Å². The molecule has 0 aromatic heterocycles. The number of hydrogen-bond donors (Lipinski definition) is 1. The number of benzene rings is 2. The summed E-state index contributed by atoms with van der Waals surface area (Å²) in [5, 5.41) is 2.92. The monoisotopic (exact) mass is 360 g/mol. The van der Waals surface area contributed by atoms with Gasteiger partial charge in [0.05, 0.1) is 17.8 Å². The molecule has 1 saturated heterocycles. The van der Waals surface area contributed by atoms with Crippen molar-refractivity contribution in [2.45, 2.75) is 25.0 Å². The molecule has 2 aromatic carbocycles. The summed E-state index contributed by atoms with van der Waals surface area (Å²) >= 11 is 0. The van der Waals surface area contributed by atoms with E-state index in [2.05, 4.69) is 5.32 Å². The van der Waals surface area contributed by atoms with Crippen LogP contribution in [-0.4, -0.2) is 32.7 Å². The van der Waals surface area contributed by atoms with Crippen molar-refractivity contribution >= 4 is 11.6 Å². The Morgan fingerprint density at radius 2 is 1.92 bits per heavy atom. The topological polar surface area (TPSA) is 41.6 Å². The second-order valence-corrected chi connectivity index (χ2v) is 6.61. The Bertz CT molecular complexity index is 772. The molecule has 1 heterocycles. The lowest BCUT2D eigenvalue weighted by molar-refractivity contribution is 0.0672. The fourth-order valence-corrected chi connectivity index (χ4v) is 3.16. The van der Waals surface area contributed by atoms with Crippen LogP contribution in [0.3, 0.4) is 0 Å². The fraction of sp³-hybridized carbons (Fsp3) is 0.350. The highest BCUT2D eigenvalue weighted by atomic mass is 19.1. The smallest absolute Gasteiger partial charge is 0.251 e. The maximum Gasteiger partial charge on any atom is 0.251 e. The molecule has 6 heteroatoms. The second kappa shape index (κ2) is 7.83. The molecule has 1 aliphatic rings. The van der Waals surface area contributed by atoms with Crippen LogP contribution in [0, 0.1) is 11.6 Å². The zero-order valence-corrected chi connectivity index (χ0v) is 14.8. The zero-order valence-electron chi connectivity index (χ0n) is 14.8.